The monoisotopic (exact) mass is 220 g/mol. The van der Waals surface area contributed by atoms with Crippen molar-refractivity contribution < 1.29 is 0 Å². The highest BCUT2D eigenvalue weighted by atomic mass is 14.3. The van der Waals surface area contributed by atoms with E-state index in [1.165, 1.54) is 47.1 Å². The first kappa shape index (κ1) is 10.4. The molecule has 1 aromatic carbocycles. The SMILES string of the molecule is C=C1CCCC2=C1Cc1ccc(C#CC)cc12. The maximum Gasteiger partial charge on any atom is 0.0251 e. The van der Waals surface area contributed by atoms with Gasteiger partial charge < -0.3 is 0 Å². The lowest BCUT2D eigenvalue weighted by Gasteiger charge is -2.16. The molecule has 0 heteroatoms. The molecule has 1 aromatic rings. The molecule has 0 aromatic heterocycles. The highest BCUT2D eigenvalue weighted by Crippen LogP contribution is 2.43. The maximum atomic E-state index is 4.21. The molecule has 3 rings (SSSR count). The Balaban J connectivity index is 2.12. The fourth-order valence-electron chi connectivity index (χ4n) is 2.95. The topological polar surface area (TPSA) is 0 Å². The van der Waals surface area contributed by atoms with Crippen LogP contribution in [-0.2, 0) is 6.42 Å². The molecule has 0 N–H and O–H groups in total. The molecular formula is C17H16. The van der Waals surface area contributed by atoms with Crippen molar-refractivity contribution in [1.29, 1.82) is 0 Å². The van der Waals surface area contributed by atoms with Crippen molar-refractivity contribution >= 4 is 5.57 Å². The average Bonchev–Trinajstić information content (AvgIpc) is 2.70. The highest BCUT2D eigenvalue weighted by Gasteiger charge is 2.25. The zero-order valence-corrected chi connectivity index (χ0v) is 10.3. The Morgan fingerprint density at radius 1 is 1.18 bits per heavy atom. The van der Waals surface area contributed by atoms with E-state index in [1.807, 2.05) is 6.92 Å². The van der Waals surface area contributed by atoms with Gasteiger partial charge in [-0.2, -0.15) is 0 Å². The van der Waals surface area contributed by atoms with Gasteiger partial charge in [0, 0.05) is 5.56 Å². The fraction of sp³-hybridized carbons (Fsp3) is 0.294. The largest absolute Gasteiger partial charge is 0.101 e. The first-order valence-corrected chi connectivity index (χ1v) is 6.26. The molecule has 0 fully saturated rings. The van der Waals surface area contributed by atoms with Crippen molar-refractivity contribution in [2.75, 3.05) is 0 Å². The Hall–Kier alpha value is -1.74. The van der Waals surface area contributed by atoms with Crippen molar-refractivity contribution in [1.82, 2.24) is 0 Å². The van der Waals surface area contributed by atoms with Crippen LogP contribution in [0.4, 0.5) is 0 Å². The van der Waals surface area contributed by atoms with E-state index in [1.54, 1.807) is 0 Å². The van der Waals surface area contributed by atoms with Crippen molar-refractivity contribution in [2.24, 2.45) is 0 Å². The molecule has 0 bridgehead atoms. The fourth-order valence-corrected chi connectivity index (χ4v) is 2.95. The first-order chi connectivity index (χ1) is 8.29. The normalized spacial score (nSPS) is 17.4. The molecule has 2 aliphatic rings. The van der Waals surface area contributed by atoms with Gasteiger partial charge in [0.05, 0.1) is 0 Å². The summed E-state index contributed by atoms with van der Waals surface area (Å²) in [6.45, 7) is 6.10. The quantitative estimate of drug-likeness (QED) is 0.577. The molecule has 17 heavy (non-hydrogen) atoms. The lowest BCUT2D eigenvalue weighted by Crippen LogP contribution is -1.97. The summed E-state index contributed by atoms with van der Waals surface area (Å²) in [5.41, 5.74) is 8.42. The Kier molecular flexibility index (Phi) is 2.41. The van der Waals surface area contributed by atoms with E-state index >= 15 is 0 Å². The number of hydrogen-bond acceptors (Lipinski definition) is 0. The minimum Gasteiger partial charge on any atom is -0.101 e. The third-order valence-corrected chi connectivity index (χ3v) is 3.77. The molecule has 0 aliphatic heterocycles. The van der Waals surface area contributed by atoms with Crippen molar-refractivity contribution in [3.63, 3.8) is 0 Å². The van der Waals surface area contributed by atoms with E-state index < -0.39 is 0 Å². The second kappa shape index (κ2) is 3.93. The van der Waals surface area contributed by atoms with Crippen LogP contribution < -0.4 is 0 Å². The van der Waals surface area contributed by atoms with E-state index in [0.717, 1.165) is 12.0 Å². The maximum absolute atomic E-state index is 4.21. The zero-order chi connectivity index (χ0) is 11.8. The van der Waals surface area contributed by atoms with E-state index in [0.29, 0.717) is 0 Å². The molecule has 0 amide bonds. The van der Waals surface area contributed by atoms with E-state index in [-0.39, 0.29) is 0 Å². The van der Waals surface area contributed by atoms with Gasteiger partial charge in [-0.05, 0) is 67.0 Å². The number of hydrogen-bond donors (Lipinski definition) is 0. The van der Waals surface area contributed by atoms with E-state index in [4.69, 9.17) is 0 Å². The molecule has 0 unspecified atom stereocenters. The summed E-state index contributed by atoms with van der Waals surface area (Å²) in [6, 6.07) is 6.63. The summed E-state index contributed by atoms with van der Waals surface area (Å²) >= 11 is 0. The molecule has 0 atom stereocenters. The van der Waals surface area contributed by atoms with Gasteiger partial charge in [0.1, 0.15) is 0 Å². The third-order valence-electron chi connectivity index (χ3n) is 3.77. The lowest BCUT2D eigenvalue weighted by molar-refractivity contribution is 0.818. The van der Waals surface area contributed by atoms with Crippen LogP contribution in [-0.4, -0.2) is 0 Å². The first-order valence-electron chi connectivity index (χ1n) is 6.26. The van der Waals surface area contributed by atoms with Crippen LogP contribution in [0.5, 0.6) is 0 Å². The molecule has 84 valence electrons. The second-order valence-corrected chi connectivity index (χ2v) is 4.84. The molecule has 0 nitrogen and oxygen atoms in total. The van der Waals surface area contributed by atoms with Gasteiger partial charge in [-0.15, -0.1) is 5.92 Å². The van der Waals surface area contributed by atoms with Crippen LogP contribution in [0.15, 0.2) is 35.9 Å². The van der Waals surface area contributed by atoms with Crippen LogP contribution in [0.25, 0.3) is 5.57 Å². The van der Waals surface area contributed by atoms with Gasteiger partial charge in [0.2, 0.25) is 0 Å². The van der Waals surface area contributed by atoms with Gasteiger partial charge in [-0.3, -0.25) is 0 Å². The van der Waals surface area contributed by atoms with Crippen LogP contribution in [0.2, 0.25) is 0 Å². The van der Waals surface area contributed by atoms with E-state index in [9.17, 15) is 0 Å². The van der Waals surface area contributed by atoms with E-state index in [2.05, 4.69) is 36.6 Å². The summed E-state index contributed by atoms with van der Waals surface area (Å²) in [5.74, 6) is 6.12. The molecule has 2 aliphatic carbocycles. The number of benzene rings is 1. The molecule has 0 spiro atoms. The Bertz CT molecular complexity index is 588. The molecule has 0 heterocycles. The predicted octanol–water partition coefficient (Wildman–Crippen LogP) is 4.11. The molecular weight excluding hydrogens is 204 g/mol. The Morgan fingerprint density at radius 3 is 2.88 bits per heavy atom. The minimum absolute atomic E-state index is 1.09. The lowest BCUT2D eigenvalue weighted by atomic mass is 9.88. The minimum atomic E-state index is 1.09. The summed E-state index contributed by atoms with van der Waals surface area (Å²) in [6.07, 6.45) is 4.73. The molecule has 0 saturated carbocycles. The second-order valence-electron chi connectivity index (χ2n) is 4.84. The number of fused-ring (bicyclic) bond motifs is 2. The summed E-state index contributed by atoms with van der Waals surface area (Å²) in [5, 5.41) is 0. The van der Waals surface area contributed by atoms with Crippen molar-refractivity contribution in [2.45, 2.75) is 32.6 Å². The van der Waals surface area contributed by atoms with Gasteiger partial charge >= 0.3 is 0 Å². The predicted molar refractivity (Wildman–Crippen MR) is 72.6 cm³/mol. The van der Waals surface area contributed by atoms with Crippen molar-refractivity contribution in [3.8, 4) is 11.8 Å². The summed E-state index contributed by atoms with van der Waals surface area (Å²) in [7, 11) is 0. The number of allylic oxidation sites excluding steroid dienone is 3. The molecule has 0 saturated heterocycles. The van der Waals surface area contributed by atoms with Crippen LogP contribution in [0.1, 0.15) is 42.9 Å². The number of rotatable bonds is 0. The highest BCUT2D eigenvalue weighted by molar-refractivity contribution is 5.81. The Labute approximate surface area is 103 Å². The third kappa shape index (κ3) is 1.63. The van der Waals surface area contributed by atoms with Crippen LogP contribution in [0, 0.1) is 11.8 Å². The summed E-state index contributed by atoms with van der Waals surface area (Å²) < 4.78 is 0. The van der Waals surface area contributed by atoms with Crippen LogP contribution >= 0.6 is 0 Å². The Morgan fingerprint density at radius 2 is 2.06 bits per heavy atom. The van der Waals surface area contributed by atoms with Gasteiger partial charge in [0.15, 0.2) is 0 Å². The zero-order valence-electron chi connectivity index (χ0n) is 10.3. The standard InChI is InChI=1S/C17H16/c1-3-5-13-8-9-14-11-16-12(2)6-4-7-15(16)17(14)10-13/h8-10H,2,4,6-7,11H2,1H3. The van der Waals surface area contributed by atoms with Gasteiger partial charge in [-0.1, -0.05) is 24.1 Å². The smallest absolute Gasteiger partial charge is 0.0251 e. The molecule has 0 radical (unpaired) electrons. The average molecular weight is 220 g/mol. The van der Waals surface area contributed by atoms with Gasteiger partial charge in [-0.25, -0.2) is 0 Å². The van der Waals surface area contributed by atoms with Gasteiger partial charge in [0.25, 0.3) is 0 Å². The summed E-state index contributed by atoms with van der Waals surface area (Å²) in [4.78, 5) is 0. The van der Waals surface area contributed by atoms with Crippen LogP contribution in [0.3, 0.4) is 0 Å². The van der Waals surface area contributed by atoms with Crippen molar-refractivity contribution in [3.05, 3.63) is 52.6 Å².